The second kappa shape index (κ2) is 7.27. The molecule has 3 rings (SSSR count). The number of benzene rings is 1. The number of Topliss-reactive ketones (excluding diaryl/α,β-unsaturated/α-hetero) is 1. The number of ketones is 1. The van der Waals surface area contributed by atoms with Crippen LogP contribution in [0.3, 0.4) is 0 Å². The number of aromatic nitrogens is 3. The van der Waals surface area contributed by atoms with Gasteiger partial charge in [-0.25, -0.2) is 4.98 Å². The van der Waals surface area contributed by atoms with Gasteiger partial charge in [0.2, 0.25) is 5.78 Å². The van der Waals surface area contributed by atoms with Crippen LogP contribution in [0.5, 0.6) is 0 Å². The van der Waals surface area contributed by atoms with Crippen LogP contribution in [0.25, 0.3) is 17.1 Å². The lowest BCUT2D eigenvalue weighted by Gasteiger charge is -2.12. The number of carbonyl (C=O) groups is 1. The Hall–Kier alpha value is -3.47. The molecule has 0 saturated carbocycles. The summed E-state index contributed by atoms with van der Waals surface area (Å²) in [6.45, 7) is 1.72. The predicted molar refractivity (Wildman–Crippen MR) is 97.4 cm³/mol. The third kappa shape index (κ3) is 3.93. The zero-order chi connectivity index (χ0) is 20.5. The first-order valence-corrected chi connectivity index (χ1v) is 8.31. The molecule has 5 nitrogen and oxygen atoms in total. The number of rotatable bonds is 4. The molecule has 0 saturated heterocycles. The summed E-state index contributed by atoms with van der Waals surface area (Å²) in [4.78, 5) is 21.3. The summed E-state index contributed by atoms with van der Waals surface area (Å²) in [5.41, 5.74) is 1.86. The molecular formula is C20H15F3N4O. The summed E-state index contributed by atoms with van der Waals surface area (Å²) >= 11 is 0. The lowest BCUT2D eigenvalue weighted by Crippen LogP contribution is -2.19. The molecule has 3 aromatic rings. The van der Waals surface area contributed by atoms with Crippen molar-refractivity contribution in [1.29, 1.82) is 5.26 Å². The molecule has 0 aliphatic rings. The molecule has 0 amide bonds. The molecule has 2 heterocycles. The topological polar surface area (TPSA) is 71.6 Å². The highest BCUT2D eigenvalue weighted by molar-refractivity contribution is 6.14. The molecule has 0 fully saturated rings. The monoisotopic (exact) mass is 384 g/mol. The molecule has 142 valence electrons. The molecule has 0 aliphatic heterocycles. The third-order valence-electron chi connectivity index (χ3n) is 4.28. The fourth-order valence-electron chi connectivity index (χ4n) is 2.94. The molecule has 0 spiro atoms. The number of halogens is 3. The number of hydrogen-bond acceptors (Lipinski definition) is 4. The Balaban J connectivity index is 1.98. The first-order valence-electron chi connectivity index (χ1n) is 8.31. The average Bonchev–Trinajstić information content (AvgIpc) is 2.92. The van der Waals surface area contributed by atoms with Gasteiger partial charge >= 0.3 is 6.18 Å². The number of aryl methyl sites for hydroxylation is 1. The summed E-state index contributed by atoms with van der Waals surface area (Å²) in [7, 11) is 0. The molecule has 28 heavy (non-hydrogen) atoms. The van der Waals surface area contributed by atoms with Crippen LogP contribution in [-0.2, 0) is 6.54 Å². The Labute approximate surface area is 158 Å². The first kappa shape index (κ1) is 19.3. The van der Waals surface area contributed by atoms with Crippen LogP contribution < -0.4 is 0 Å². The maximum absolute atomic E-state index is 12.8. The molecular weight excluding hydrogens is 369 g/mol. The van der Waals surface area contributed by atoms with Crippen molar-refractivity contribution in [3.8, 4) is 6.07 Å². The van der Waals surface area contributed by atoms with Crippen molar-refractivity contribution in [3.05, 3.63) is 64.7 Å². The largest absolute Gasteiger partial charge is 0.406 e. The van der Waals surface area contributed by atoms with Gasteiger partial charge in [-0.2, -0.15) is 18.4 Å². The SMILES string of the molecule is Cc1cc(C(=O)/C(C#N)=C/c2cnc3ccccc3n2)c(C)n1CC(F)(F)F. The number of para-hydroxylation sites is 2. The molecule has 0 N–H and O–H groups in total. The second-order valence-electron chi connectivity index (χ2n) is 6.27. The van der Waals surface area contributed by atoms with Gasteiger partial charge in [0, 0.05) is 17.0 Å². The van der Waals surface area contributed by atoms with E-state index in [2.05, 4.69) is 9.97 Å². The number of nitrogens with zero attached hydrogens (tertiary/aromatic N) is 4. The van der Waals surface area contributed by atoms with Gasteiger partial charge in [0.15, 0.2) is 0 Å². The van der Waals surface area contributed by atoms with E-state index in [1.54, 1.807) is 18.2 Å². The molecule has 0 bridgehead atoms. The maximum Gasteiger partial charge on any atom is 0.406 e. The lowest BCUT2D eigenvalue weighted by molar-refractivity contribution is -0.141. The molecule has 0 atom stereocenters. The van der Waals surface area contributed by atoms with Gasteiger partial charge in [-0.1, -0.05) is 12.1 Å². The number of alkyl halides is 3. The summed E-state index contributed by atoms with van der Waals surface area (Å²) in [5, 5.41) is 9.41. The third-order valence-corrected chi connectivity index (χ3v) is 4.28. The van der Waals surface area contributed by atoms with Crippen molar-refractivity contribution < 1.29 is 18.0 Å². The predicted octanol–water partition coefficient (Wildman–Crippen LogP) is 4.40. The van der Waals surface area contributed by atoms with E-state index in [0.29, 0.717) is 22.4 Å². The van der Waals surface area contributed by atoms with Crippen molar-refractivity contribution >= 4 is 22.9 Å². The standard InChI is InChI=1S/C20H15F3N4O/c1-12-7-16(13(2)27(12)11-20(21,22)23)19(28)14(9-24)8-15-10-25-17-5-3-4-6-18(17)26-15/h3-8,10H,11H2,1-2H3/b14-8+. The van der Waals surface area contributed by atoms with Crippen LogP contribution in [0.15, 0.2) is 42.1 Å². The van der Waals surface area contributed by atoms with E-state index in [4.69, 9.17) is 0 Å². The Morgan fingerprint density at radius 2 is 1.93 bits per heavy atom. The Morgan fingerprint density at radius 3 is 2.57 bits per heavy atom. The van der Waals surface area contributed by atoms with E-state index in [-0.39, 0.29) is 16.8 Å². The van der Waals surface area contributed by atoms with E-state index in [1.807, 2.05) is 12.1 Å². The van der Waals surface area contributed by atoms with Crippen molar-refractivity contribution in [3.63, 3.8) is 0 Å². The molecule has 0 unspecified atom stereocenters. The van der Waals surface area contributed by atoms with E-state index < -0.39 is 18.5 Å². The van der Waals surface area contributed by atoms with Crippen molar-refractivity contribution in [2.75, 3.05) is 0 Å². The minimum absolute atomic E-state index is 0.0586. The highest BCUT2D eigenvalue weighted by Gasteiger charge is 2.30. The Kier molecular flexibility index (Phi) is 5.01. The zero-order valence-electron chi connectivity index (χ0n) is 15.1. The molecule has 2 aromatic heterocycles. The fraction of sp³-hybridized carbons (Fsp3) is 0.200. The smallest absolute Gasteiger partial charge is 0.339 e. The van der Waals surface area contributed by atoms with Crippen LogP contribution in [0.4, 0.5) is 13.2 Å². The first-order chi connectivity index (χ1) is 13.2. The van der Waals surface area contributed by atoms with E-state index in [1.165, 1.54) is 32.2 Å². The summed E-state index contributed by atoms with van der Waals surface area (Å²) in [5.74, 6) is -0.654. The van der Waals surface area contributed by atoms with E-state index in [0.717, 1.165) is 4.57 Å². The highest BCUT2D eigenvalue weighted by Crippen LogP contribution is 2.25. The van der Waals surface area contributed by atoms with Crippen molar-refractivity contribution in [2.24, 2.45) is 0 Å². The number of nitriles is 1. The van der Waals surface area contributed by atoms with Gasteiger partial charge in [0.05, 0.1) is 22.9 Å². The fourth-order valence-corrected chi connectivity index (χ4v) is 2.94. The normalized spacial score (nSPS) is 12.2. The number of fused-ring (bicyclic) bond motifs is 1. The molecule has 0 radical (unpaired) electrons. The van der Waals surface area contributed by atoms with Crippen LogP contribution in [0, 0.1) is 25.2 Å². The maximum atomic E-state index is 12.8. The summed E-state index contributed by atoms with van der Waals surface area (Å²) < 4.78 is 39.3. The number of allylic oxidation sites excluding steroid dienone is 1. The minimum Gasteiger partial charge on any atom is -0.339 e. The van der Waals surface area contributed by atoms with E-state index >= 15 is 0 Å². The van der Waals surface area contributed by atoms with Crippen LogP contribution >= 0.6 is 0 Å². The Morgan fingerprint density at radius 1 is 1.25 bits per heavy atom. The zero-order valence-corrected chi connectivity index (χ0v) is 15.1. The van der Waals surface area contributed by atoms with Crippen molar-refractivity contribution in [2.45, 2.75) is 26.6 Å². The average molecular weight is 384 g/mol. The van der Waals surface area contributed by atoms with Crippen LogP contribution in [0.1, 0.15) is 27.4 Å². The Bertz CT molecular complexity index is 1140. The van der Waals surface area contributed by atoms with Crippen LogP contribution in [0.2, 0.25) is 0 Å². The second-order valence-corrected chi connectivity index (χ2v) is 6.27. The summed E-state index contributed by atoms with van der Waals surface area (Å²) in [6.07, 6.45) is -1.69. The number of hydrogen-bond donors (Lipinski definition) is 0. The molecule has 8 heteroatoms. The number of carbonyl (C=O) groups excluding carboxylic acids is 1. The molecule has 1 aromatic carbocycles. The van der Waals surface area contributed by atoms with Gasteiger partial charge in [-0.05, 0) is 38.1 Å². The molecule has 0 aliphatic carbocycles. The van der Waals surface area contributed by atoms with Crippen LogP contribution in [-0.4, -0.2) is 26.5 Å². The highest BCUT2D eigenvalue weighted by atomic mass is 19.4. The van der Waals surface area contributed by atoms with Gasteiger partial charge in [-0.15, -0.1) is 0 Å². The quantitative estimate of drug-likeness (QED) is 0.380. The lowest BCUT2D eigenvalue weighted by atomic mass is 10.0. The van der Waals surface area contributed by atoms with Gasteiger partial charge < -0.3 is 4.57 Å². The minimum atomic E-state index is -4.41. The van der Waals surface area contributed by atoms with Gasteiger partial charge in [-0.3, -0.25) is 9.78 Å². The van der Waals surface area contributed by atoms with Crippen molar-refractivity contribution in [1.82, 2.24) is 14.5 Å². The summed E-state index contributed by atoms with van der Waals surface area (Å²) in [6, 6.07) is 10.3. The van der Waals surface area contributed by atoms with E-state index in [9.17, 15) is 23.2 Å². The van der Waals surface area contributed by atoms with Gasteiger partial charge in [0.1, 0.15) is 18.2 Å². The van der Waals surface area contributed by atoms with Gasteiger partial charge in [0.25, 0.3) is 0 Å².